The molecule has 8 rings (SSSR count). The van der Waals surface area contributed by atoms with Crippen LogP contribution in [0.25, 0.3) is 75.8 Å². The zero-order valence-electron chi connectivity index (χ0n) is 22.0. The molecule has 0 aliphatic carbocycles. The normalized spacial score (nSPS) is 11.3. The van der Waals surface area contributed by atoms with Crippen LogP contribution in [0.15, 0.2) is 119 Å². The highest BCUT2D eigenvalue weighted by Crippen LogP contribution is 2.38. The van der Waals surface area contributed by atoms with Crippen LogP contribution in [0.5, 0.6) is 0 Å². The van der Waals surface area contributed by atoms with Gasteiger partial charge in [0, 0.05) is 11.1 Å². The number of benzene rings is 2. The third kappa shape index (κ3) is 4.68. The predicted octanol–water partition coefficient (Wildman–Crippen LogP) is 10.7. The van der Waals surface area contributed by atoms with Crippen molar-refractivity contribution in [2.24, 2.45) is 0 Å². The molecule has 0 radical (unpaired) electrons. The van der Waals surface area contributed by atoms with Gasteiger partial charge in [0.05, 0.1) is 42.3 Å². The van der Waals surface area contributed by atoms with E-state index in [1.807, 2.05) is 0 Å². The average Bonchev–Trinajstić information content (AvgIpc) is 3.88. The van der Waals surface area contributed by atoms with E-state index in [2.05, 4.69) is 119 Å². The van der Waals surface area contributed by atoms with Crippen molar-refractivity contribution < 1.29 is 0 Å². The molecule has 0 N–H and O–H groups in total. The summed E-state index contributed by atoms with van der Waals surface area (Å²) in [5.41, 5.74) is 5.69. The van der Waals surface area contributed by atoms with Crippen LogP contribution in [0.1, 0.15) is 0 Å². The smallest absolute Gasteiger partial charge is 0.161 e. The SMILES string of the molecule is c1csc(-c2cc(-c3cccs3)nc(-c3cccc4c(-c5nc(-c6cccs6)cc(-c6cccs6)n5)cccc34)n2)c1. The zero-order chi connectivity index (χ0) is 27.9. The highest BCUT2D eigenvalue weighted by molar-refractivity contribution is 7.14. The number of thiophene rings is 4. The molecule has 0 bridgehead atoms. The fourth-order valence-corrected chi connectivity index (χ4v) is 7.78. The van der Waals surface area contributed by atoms with Crippen LogP contribution < -0.4 is 0 Å². The molecule has 0 unspecified atom stereocenters. The molecule has 0 aliphatic heterocycles. The minimum atomic E-state index is 0.708. The summed E-state index contributed by atoms with van der Waals surface area (Å²) in [5.74, 6) is 1.42. The van der Waals surface area contributed by atoms with Gasteiger partial charge in [-0.2, -0.15) is 0 Å². The van der Waals surface area contributed by atoms with E-state index in [0.717, 1.165) is 64.2 Å². The average molecular weight is 613 g/mol. The van der Waals surface area contributed by atoms with Gasteiger partial charge in [-0.15, -0.1) is 45.3 Å². The van der Waals surface area contributed by atoms with Crippen LogP contribution in [-0.2, 0) is 0 Å². The maximum atomic E-state index is 5.08. The van der Waals surface area contributed by atoms with Crippen molar-refractivity contribution in [2.75, 3.05) is 0 Å². The minimum Gasteiger partial charge on any atom is -0.227 e. The summed E-state index contributed by atoms with van der Waals surface area (Å²) < 4.78 is 0. The van der Waals surface area contributed by atoms with Crippen molar-refractivity contribution in [3.8, 4) is 65.1 Å². The number of fused-ring (bicyclic) bond motifs is 1. The standard InChI is InChI=1S/C34H20N4S4/c1-7-21-22(23(9-1)33-35-25(29-11-3-15-39-29)19-26(36-33)30-12-4-16-40-30)8-2-10-24(21)34-37-27(31-13-5-17-41-31)20-28(38-34)32-14-6-18-42-32/h1-20H. The lowest BCUT2D eigenvalue weighted by molar-refractivity contribution is 1.19. The summed E-state index contributed by atoms with van der Waals surface area (Å²) in [5, 5.41) is 10.5. The van der Waals surface area contributed by atoms with Gasteiger partial charge >= 0.3 is 0 Å². The fraction of sp³-hybridized carbons (Fsp3) is 0. The molecular formula is C34H20N4S4. The highest BCUT2D eigenvalue weighted by atomic mass is 32.1. The minimum absolute atomic E-state index is 0.708. The van der Waals surface area contributed by atoms with Crippen molar-refractivity contribution in [1.29, 1.82) is 0 Å². The number of hydrogen-bond donors (Lipinski definition) is 0. The number of nitrogens with zero attached hydrogens (tertiary/aromatic N) is 4. The quantitative estimate of drug-likeness (QED) is 0.187. The van der Waals surface area contributed by atoms with E-state index < -0.39 is 0 Å². The Morgan fingerprint density at radius 3 is 0.976 bits per heavy atom. The van der Waals surface area contributed by atoms with Crippen molar-refractivity contribution in [3.63, 3.8) is 0 Å². The summed E-state index contributed by atoms with van der Waals surface area (Å²) in [6, 6.07) is 33.5. The lowest BCUT2D eigenvalue weighted by Gasteiger charge is -2.12. The van der Waals surface area contributed by atoms with Crippen molar-refractivity contribution >= 4 is 56.1 Å². The Bertz CT molecular complexity index is 1870. The molecule has 0 fully saturated rings. The van der Waals surface area contributed by atoms with Gasteiger partial charge in [-0.3, -0.25) is 0 Å². The fourth-order valence-electron chi connectivity index (χ4n) is 5.04. The van der Waals surface area contributed by atoms with E-state index in [0.29, 0.717) is 11.6 Å². The molecule has 42 heavy (non-hydrogen) atoms. The summed E-state index contributed by atoms with van der Waals surface area (Å²) >= 11 is 6.75. The van der Waals surface area contributed by atoms with E-state index in [1.54, 1.807) is 45.3 Å². The molecular weight excluding hydrogens is 593 g/mol. The molecule has 0 saturated carbocycles. The van der Waals surface area contributed by atoms with Gasteiger partial charge in [-0.25, -0.2) is 19.9 Å². The molecule has 0 atom stereocenters. The van der Waals surface area contributed by atoms with E-state index in [9.17, 15) is 0 Å². The molecule has 0 aliphatic rings. The Morgan fingerprint density at radius 2 is 0.690 bits per heavy atom. The molecule has 4 nitrogen and oxygen atoms in total. The number of aromatic nitrogens is 4. The van der Waals surface area contributed by atoms with Crippen LogP contribution in [0, 0.1) is 0 Å². The van der Waals surface area contributed by atoms with Crippen molar-refractivity contribution in [3.05, 3.63) is 119 Å². The molecule has 0 spiro atoms. The Kier molecular flexibility index (Phi) is 6.53. The Labute approximate surface area is 258 Å². The first-order chi connectivity index (χ1) is 20.8. The van der Waals surface area contributed by atoms with Crippen LogP contribution in [-0.4, -0.2) is 19.9 Å². The first-order valence-corrected chi connectivity index (χ1v) is 16.8. The van der Waals surface area contributed by atoms with Gasteiger partial charge in [0.2, 0.25) is 0 Å². The van der Waals surface area contributed by atoms with E-state index in [-0.39, 0.29) is 0 Å². The largest absolute Gasteiger partial charge is 0.227 e. The van der Waals surface area contributed by atoms with Gasteiger partial charge in [0.25, 0.3) is 0 Å². The zero-order valence-corrected chi connectivity index (χ0v) is 25.2. The summed E-state index contributed by atoms with van der Waals surface area (Å²) in [6.45, 7) is 0. The second kappa shape index (κ2) is 10.8. The molecule has 8 heteroatoms. The van der Waals surface area contributed by atoms with Crippen LogP contribution in [0.3, 0.4) is 0 Å². The second-order valence-electron chi connectivity index (χ2n) is 9.54. The lowest BCUT2D eigenvalue weighted by atomic mass is 9.98. The third-order valence-electron chi connectivity index (χ3n) is 6.95. The maximum Gasteiger partial charge on any atom is 0.161 e. The Morgan fingerprint density at radius 1 is 0.357 bits per heavy atom. The molecule has 6 heterocycles. The number of hydrogen-bond acceptors (Lipinski definition) is 8. The molecule has 2 aromatic carbocycles. The van der Waals surface area contributed by atoms with Crippen LogP contribution >= 0.6 is 45.3 Å². The predicted molar refractivity (Wildman–Crippen MR) is 179 cm³/mol. The Hall–Kier alpha value is -4.34. The molecule has 0 amide bonds. The lowest BCUT2D eigenvalue weighted by Crippen LogP contribution is -1.97. The van der Waals surface area contributed by atoms with E-state index in [4.69, 9.17) is 19.9 Å². The first kappa shape index (κ1) is 25.4. The molecule has 8 aromatic rings. The van der Waals surface area contributed by atoms with Crippen LogP contribution in [0.2, 0.25) is 0 Å². The van der Waals surface area contributed by atoms with Crippen molar-refractivity contribution in [2.45, 2.75) is 0 Å². The van der Waals surface area contributed by atoms with Gasteiger partial charge in [0.15, 0.2) is 11.6 Å². The van der Waals surface area contributed by atoms with Gasteiger partial charge < -0.3 is 0 Å². The van der Waals surface area contributed by atoms with Gasteiger partial charge in [0.1, 0.15) is 0 Å². The number of rotatable bonds is 6. The van der Waals surface area contributed by atoms with Crippen molar-refractivity contribution in [1.82, 2.24) is 19.9 Å². The summed E-state index contributed by atoms with van der Waals surface area (Å²) in [4.78, 5) is 24.8. The van der Waals surface area contributed by atoms with E-state index >= 15 is 0 Å². The molecule has 200 valence electrons. The molecule has 6 aromatic heterocycles. The Balaban J connectivity index is 1.33. The second-order valence-corrected chi connectivity index (χ2v) is 13.3. The monoisotopic (exact) mass is 612 g/mol. The molecule has 0 saturated heterocycles. The summed E-state index contributed by atoms with van der Waals surface area (Å²) in [7, 11) is 0. The van der Waals surface area contributed by atoms with Gasteiger partial charge in [-0.05, 0) is 68.7 Å². The van der Waals surface area contributed by atoms with Crippen LogP contribution in [0.4, 0.5) is 0 Å². The highest BCUT2D eigenvalue weighted by Gasteiger charge is 2.17. The summed E-state index contributed by atoms with van der Waals surface area (Å²) in [6.07, 6.45) is 0. The topological polar surface area (TPSA) is 51.6 Å². The maximum absolute atomic E-state index is 5.08. The van der Waals surface area contributed by atoms with Gasteiger partial charge in [-0.1, -0.05) is 60.7 Å². The van der Waals surface area contributed by atoms with E-state index in [1.165, 1.54) is 0 Å². The first-order valence-electron chi connectivity index (χ1n) is 13.3. The third-order valence-corrected chi connectivity index (χ3v) is 10.5.